The van der Waals surface area contributed by atoms with Crippen LogP contribution >= 0.6 is 15.9 Å². The van der Waals surface area contributed by atoms with Gasteiger partial charge in [0.05, 0.1) is 0 Å². The van der Waals surface area contributed by atoms with Gasteiger partial charge in [0.1, 0.15) is 5.82 Å². The van der Waals surface area contributed by atoms with Crippen molar-refractivity contribution in [2.75, 3.05) is 6.54 Å². The molecule has 0 spiro atoms. The Balaban J connectivity index is 2.45. The Bertz CT molecular complexity index is 399. The second kappa shape index (κ2) is 3.83. The highest BCUT2D eigenvalue weighted by molar-refractivity contribution is 9.10. The zero-order chi connectivity index (χ0) is 10.1. The molecular weight excluding hydrogens is 245 g/mol. The highest BCUT2D eigenvalue weighted by atomic mass is 79.9. The Morgan fingerprint density at radius 3 is 2.93 bits per heavy atom. The molecule has 74 valence electrons. The molecule has 0 saturated heterocycles. The molecular formula is C11H11BrFN. The Morgan fingerprint density at radius 2 is 2.21 bits per heavy atom. The first-order chi connectivity index (χ1) is 6.72. The topological polar surface area (TPSA) is 26.0 Å². The highest BCUT2D eigenvalue weighted by Gasteiger charge is 2.17. The molecule has 0 aliphatic heterocycles. The minimum atomic E-state index is -0.194. The molecule has 0 aromatic heterocycles. The number of hydrogen-bond acceptors (Lipinski definition) is 1. The Hall–Kier alpha value is -0.670. The lowest BCUT2D eigenvalue weighted by Gasteiger charge is -2.06. The summed E-state index contributed by atoms with van der Waals surface area (Å²) in [6, 6.07) is 3.10. The maximum Gasteiger partial charge on any atom is 0.124 e. The van der Waals surface area contributed by atoms with Crippen molar-refractivity contribution in [1.82, 2.24) is 0 Å². The van der Waals surface area contributed by atoms with Crippen molar-refractivity contribution < 1.29 is 4.39 Å². The van der Waals surface area contributed by atoms with Crippen LogP contribution in [0.4, 0.5) is 4.39 Å². The molecule has 0 saturated carbocycles. The minimum absolute atomic E-state index is 0.194. The van der Waals surface area contributed by atoms with Crippen molar-refractivity contribution in [3.05, 3.63) is 39.6 Å². The van der Waals surface area contributed by atoms with E-state index in [0.717, 1.165) is 22.9 Å². The molecule has 1 aliphatic carbocycles. The summed E-state index contributed by atoms with van der Waals surface area (Å²) in [5.41, 5.74) is 8.86. The van der Waals surface area contributed by atoms with Gasteiger partial charge in [-0.3, -0.25) is 0 Å². The van der Waals surface area contributed by atoms with Gasteiger partial charge in [0.15, 0.2) is 0 Å². The van der Waals surface area contributed by atoms with Gasteiger partial charge < -0.3 is 5.73 Å². The number of nitrogens with two attached hydrogens (primary N) is 1. The third-order valence-electron chi connectivity index (χ3n) is 2.47. The molecule has 0 bridgehead atoms. The molecule has 14 heavy (non-hydrogen) atoms. The summed E-state index contributed by atoms with van der Waals surface area (Å²) in [4.78, 5) is 0. The first-order valence-corrected chi connectivity index (χ1v) is 5.39. The first kappa shape index (κ1) is 9.87. The third kappa shape index (κ3) is 1.62. The largest absolute Gasteiger partial charge is 0.330 e. The van der Waals surface area contributed by atoms with Crippen molar-refractivity contribution >= 4 is 21.5 Å². The van der Waals surface area contributed by atoms with Crippen LogP contribution in [-0.2, 0) is 6.42 Å². The third-order valence-corrected chi connectivity index (χ3v) is 3.18. The number of halogens is 2. The van der Waals surface area contributed by atoms with Crippen LogP contribution in [0.2, 0.25) is 0 Å². The molecule has 0 heterocycles. The lowest BCUT2D eigenvalue weighted by Crippen LogP contribution is -1.99. The standard InChI is InChI=1S/C11H11BrFN/c12-11-6-8(13)5-10-7(3-4-14)1-2-9(10)11/h1,5-6H,2-4,14H2. The number of benzene rings is 1. The lowest BCUT2D eigenvalue weighted by atomic mass is 10.0. The molecule has 2 rings (SSSR count). The van der Waals surface area contributed by atoms with E-state index in [1.807, 2.05) is 0 Å². The summed E-state index contributed by atoms with van der Waals surface area (Å²) in [5.74, 6) is -0.194. The van der Waals surface area contributed by atoms with Gasteiger partial charge in [-0.15, -0.1) is 0 Å². The van der Waals surface area contributed by atoms with Gasteiger partial charge in [-0.2, -0.15) is 0 Å². The van der Waals surface area contributed by atoms with Gasteiger partial charge in [-0.25, -0.2) is 4.39 Å². The maximum atomic E-state index is 13.1. The molecule has 0 fully saturated rings. The van der Waals surface area contributed by atoms with E-state index in [4.69, 9.17) is 5.73 Å². The lowest BCUT2D eigenvalue weighted by molar-refractivity contribution is 0.626. The molecule has 0 amide bonds. The van der Waals surface area contributed by atoms with Gasteiger partial charge >= 0.3 is 0 Å². The smallest absolute Gasteiger partial charge is 0.124 e. The average Bonchev–Trinajstić information content (AvgIpc) is 2.49. The molecule has 0 unspecified atom stereocenters. The number of fused-ring (bicyclic) bond motifs is 1. The van der Waals surface area contributed by atoms with E-state index < -0.39 is 0 Å². The van der Waals surface area contributed by atoms with E-state index in [0.29, 0.717) is 6.54 Å². The minimum Gasteiger partial charge on any atom is -0.330 e. The second-order valence-corrected chi connectivity index (χ2v) is 4.24. The summed E-state index contributed by atoms with van der Waals surface area (Å²) < 4.78 is 14.0. The number of hydrogen-bond donors (Lipinski definition) is 1. The van der Waals surface area contributed by atoms with Gasteiger partial charge in [0, 0.05) is 4.47 Å². The SMILES string of the molecule is NCCC1=CCc2c(Br)cc(F)cc21. The van der Waals surface area contributed by atoms with Crippen LogP contribution in [0.3, 0.4) is 0 Å². The fraction of sp³-hybridized carbons (Fsp3) is 0.273. The highest BCUT2D eigenvalue weighted by Crippen LogP contribution is 2.34. The average molecular weight is 256 g/mol. The maximum absolute atomic E-state index is 13.1. The Morgan fingerprint density at radius 1 is 1.43 bits per heavy atom. The van der Waals surface area contributed by atoms with Crippen molar-refractivity contribution in [1.29, 1.82) is 0 Å². The molecule has 0 atom stereocenters. The Labute approximate surface area is 90.9 Å². The zero-order valence-electron chi connectivity index (χ0n) is 7.69. The van der Waals surface area contributed by atoms with Crippen LogP contribution in [0.1, 0.15) is 17.5 Å². The van der Waals surface area contributed by atoms with E-state index in [1.54, 1.807) is 6.07 Å². The summed E-state index contributed by atoms with van der Waals surface area (Å²) in [6.07, 6.45) is 3.83. The van der Waals surface area contributed by atoms with Crippen LogP contribution in [0, 0.1) is 5.82 Å². The van der Waals surface area contributed by atoms with Crippen molar-refractivity contribution in [2.24, 2.45) is 5.73 Å². The van der Waals surface area contributed by atoms with Crippen molar-refractivity contribution in [3.8, 4) is 0 Å². The van der Waals surface area contributed by atoms with Crippen LogP contribution in [0.25, 0.3) is 5.57 Å². The summed E-state index contributed by atoms with van der Waals surface area (Å²) in [5, 5.41) is 0. The molecule has 1 aromatic carbocycles. The van der Waals surface area contributed by atoms with E-state index in [-0.39, 0.29) is 5.82 Å². The summed E-state index contributed by atoms with van der Waals surface area (Å²) >= 11 is 3.37. The van der Waals surface area contributed by atoms with Gasteiger partial charge in [0.2, 0.25) is 0 Å². The predicted molar refractivity (Wildman–Crippen MR) is 59.5 cm³/mol. The molecule has 3 heteroatoms. The molecule has 1 nitrogen and oxygen atoms in total. The van der Waals surface area contributed by atoms with Crippen LogP contribution in [0.5, 0.6) is 0 Å². The quantitative estimate of drug-likeness (QED) is 0.865. The fourth-order valence-corrected chi connectivity index (χ4v) is 2.42. The fourth-order valence-electron chi connectivity index (χ4n) is 1.82. The summed E-state index contributed by atoms with van der Waals surface area (Å²) in [6.45, 7) is 0.611. The molecule has 0 radical (unpaired) electrons. The van der Waals surface area contributed by atoms with Crippen LogP contribution in [-0.4, -0.2) is 6.54 Å². The Kier molecular flexibility index (Phi) is 2.70. The van der Waals surface area contributed by atoms with Gasteiger partial charge in [0.25, 0.3) is 0 Å². The van der Waals surface area contributed by atoms with Gasteiger partial charge in [-0.1, -0.05) is 22.0 Å². The van der Waals surface area contributed by atoms with E-state index >= 15 is 0 Å². The molecule has 2 N–H and O–H groups in total. The van der Waals surface area contributed by atoms with E-state index in [9.17, 15) is 4.39 Å². The molecule has 1 aliphatic rings. The van der Waals surface area contributed by atoms with Crippen molar-refractivity contribution in [2.45, 2.75) is 12.8 Å². The predicted octanol–water partition coefficient (Wildman–Crippen LogP) is 2.88. The second-order valence-electron chi connectivity index (χ2n) is 3.39. The zero-order valence-corrected chi connectivity index (χ0v) is 9.27. The first-order valence-electron chi connectivity index (χ1n) is 4.59. The number of rotatable bonds is 2. The van der Waals surface area contributed by atoms with Crippen LogP contribution in [0.15, 0.2) is 22.7 Å². The normalized spacial score (nSPS) is 14.1. The monoisotopic (exact) mass is 255 g/mol. The van der Waals surface area contributed by atoms with E-state index in [2.05, 4.69) is 22.0 Å². The van der Waals surface area contributed by atoms with Gasteiger partial charge in [-0.05, 0) is 48.2 Å². The number of allylic oxidation sites excluding steroid dienone is 1. The van der Waals surface area contributed by atoms with E-state index in [1.165, 1.54) is 17.2 Å². The van der Waals surface area contributed by atoms with Crippen LogP contribution < -0.4 is 5.73 Å². The summed E-state index contributed by atoms with van der Waals surface area (Å²) in [7, 11) is 0. The molecule has 1 aromatic rings. The van der Waals surface area contributed by atoms with Crippen molar-refractivity contribution in [3.63, 3.8) is 0 Å².